The molecule has 0 spiro atoms. The molecule has 19 heavy (non-hydrogen) atoms. The lowest BCUT2D eigenvalue weighted by molar-refractivity contribution is -0.128. The van der Waals surface area contributed by atoms with Crippen LogP contribution in [0.5, 0.6) is 0 Å². The van der Waals surface area contributed by atoms with Gasteiger partial charge in [-0.2, -0.15) is 0 Å². The van der Waals surface area contributed by atoms with E-state index in [0.29, 0.717) is 24.9 Å². The number of carbonyl (C=O) groups is 1. The molecular formula is C15H16FNO2. The molecule has 1 amide bonds. The molecule has 0 saturated carbocycles. The lowest BCUT2D eigenvalue weighted by Gasteiger charge is -2.15. The third kappa shape index (κ3) is 3.55. The monoisotopic (exact) mass is 261 g/mol. The van der Waals surface area contributed by atoms with Gasteiger partial charge in [-0.05, 0) is 24.1 Å². The third-order valence-corrected chi connectivity index (χ3v) is 3.04. The second-order valence-corrected chi connectivity index (χ2v) is 4.51. The Morgan fingerprint density at radius 3 is 2.95 bits per heavy atom. The van der Waals surface area contributed by atoms with Crippen LogP contribution in [0.25, 0.3) is 0 Å². The first kappa shape index (κ1) is 13.6. The van der Waals surface area contributed by atoms with Crippen molar-refractivity contribution in [3.8, 4) is 11.8 Å². The Balaban J connectivity index is 2.12. The molecule has 0 atom stereocenters. The standard InChI is InChI=1S/C15H16FNO2/c16-14-7-6-12(10-13(14)4-1-2-9-18)11-17-8-3-5-15(17)19/h6-7,10,18H,2-3,5,8-9,11H2. The Morgan fingerprint density at radius 2 is 2.26 bits per heavy atom. The van der Waals surface area contributed by atoms with Crippen molar-refractivity contribution in [1.82, 2.24) is 4.90 Å². The molecule has 0 bridgehead atoms. The minimum atomic E-state index is -0.373. The Kier molecular flexibility index (Phi) is 4.53. The highest BCUT2D eigenvalue weighted by Gasteiger charge is 2.20. The highest BCUT2D eigenvalue weighted by molar-refractivity contribution is 5.78. The molecule has 4 heteroatoms. The molecule has 0 unspecified atom stereocenters. The SMILES string of the molecule is O=C1CCCN1Cc1ccc(F)c(C#CCCO)c1. The highest BCUT2D eigenvalue weighted by atomic mass is 19.1. The van der Waals surface area contributed by atoms with E-state index >= 15 is 0 Å². The smallest absolute Gasteiger partial charge is 0.222 e. The number of carbonyl (C=O) groups excluding carboxylic acids is 1. The summed E-state index contributed by atoms with van der Waals surface area (Å²) in [6.45, 7) is 1.24. The minimum Gasteiger partial charge on any atom is -0.395 e. The van der Waals surface area contributed by atoms with Crippen LogP contribution in [-0.2, 0) is 11.3 Å². The molecule has 100 valence electrons. The van der Waals surface area contributed by atoms with Crippen molar-refractivity contribution in [3.05, 3.63) is 35.1 Å². The van der Waals surface area contributed by atoms with E-state index in [0.717, 1.165) is 18.5 Å². The fraction of sp³-hybridized carbons (Fsp3) is 0.400. The lowest BCUT2D eigenvalue weighted by atomic mass is 10.1. The van der Waals surface area contributed by atoms with Crippen molar-refractivity contribution < 1.29 is 14.3 Å². The summed E-state index contributed by atoms with van der Waals surface area (Å²) in [6, 6.07) is 4.72. The summed E-state index contributed by atoms with van der Waals surface area (Å²) in [6.07, 6.45) is 1.82. The van der Waals surface area contributed by atoms with Gasteiger partial charge in [-0.25, -0.2) is 4.39 Å². The van der Waals surface area contributed by atoms with Gasteiger partial charge in [0.25, 0.3) is 0 Å². The van der Waals surface area contributed by atoms with Crippen molar-refractivity contribution in [2.24, 2.45) is 0 Å². The maximum Gasteiger partial charge on any atom is 0.222 e. The number of amides is 1. The summed E-state index contributed by atoms with van der Waals surface area (Å²) < 4.78 is 13.5. The van der Waals surface area contributed by atoms with Crippen LogP contribution in [0.15, 0.2) is 18.2 Å². The summed E-state index contributed by atoms with van der Waals surface area (Å²) in [5.41, 5.74) is 1.20. The van der Waals surface area contributed by atoms with E-state index in [1.165, 1.54) is 6.07 Å². The molecule has 1 aliphatic heterocycles. The van der Waals surface area contributed by atoms with Crippen molar-refractivity contribution in [1.29, 1.82) is 0 Å². The van der Waals surface area contributed by atoms with Gasteiger partial charge in [0.1, 0.15) is 5.82 Å². The zero-order chi connectivity index (χ0) is 13.7. The number of likely N-dealkylation sites (tertiary alicyclic amines) is 1. The molecule has 3 nitrogen and oxygen atoms in total. The molecule has 1 aromatic rings. The number of aliphatic hydroxyl groups excluding tert-OH is 1. The van der Waals surface area contributed by atoms with E-state index in [1.807, 2.05) is 0 Å². The van der Waals surface area contributed by atoms with Crippen molar-refractivity contribution >= 4 is 5.91 Å². The van der Waals surface area contributed by atoms with Crippen LogP contribution in [0.2, 0.25) is 0 Å². The Labute approximate surface area is 112 Å². The third-order valence-electron chi connectivity index (χ3n) is 3.04. The number of nitrogens with zero attached hydrogens (tertiary/aromatic N) is 1. The molecule has 1 heterocycles. The minimum absolute atomic E-state index is 0.0312. The maximum absolute atomic E-state index is 13.5. The molecule has 1 aliphatic rings. The Hall–Kier alpha value is -1.86. The summed E-state index contributed by atoms with van der Waals surface area (Å²) in [4.78, 5) is 13.3. The molecule has 0 aromatic heterocycles. The molecule has 1 aromatic carbocycles. The molecular weight excluding hydrogens is 245 g/mol. The van der Waals surface area contributed by atoms with E-state index in [2.05, 4.69) is 11.8 Å². The Bertz CT molecular complexity index is 531. The number of halogens is 1. The van der Waals surface area contributed by atoms with E-state index in [-0.39, 0.29) is 18.3 Å². The van der Waals surface area contributed by atoms with Gasteiger partial charge >= 0.3 is 0 Å². The molecule has 0 aliphatic carbocycles. The molecule has 0 radical (unpaired) electrons. The average Bonchev–Trinajstić information content (AvgIpc) is 2.79. The number of hydrogen-bond acceptors (Lipinski definition) is 2. The zero-order valence-corrected chi connectivity index (χ0v) is 10.7. The Morgan fingerprint density at radius 1 is 1.42 bits per heavy atom. The predicted molar refractivity (Wildman–Crippen MR) is 69.6 cm³/mol. The molecule has 1 saturated heterocycles. The van der Waals surface area contributed by atoms with Crippen molar-refractivity contribution in [2.75, 3.05) is 13.2 Å². The van der Waals surface area contributed by atoms with Gasteiger partial charge in [-0.1, -0.05) is 17.9 Å². The molecule has 1 N–H and O–H groups in total. The van der Waals surface area contributed by atoms with E-state index in [9.17, 15) is 9.18 Å². The lowest BCUT2D eigenvalue weighted by Crippen LogP contribution is -2.23. The number of aliphatic hydroxyl groups is 1. The zero-order valence-electron chi connectivity index (χ0n) is 10.7. The van der Waals surface area contributed by atoms with Crippen molar-refractivity contribution in [2.45, 2.75) is 25.8 Å². The van der Waals surface area contributed by atoms with Crippen LogP contribution in [0, 0.1) is 17.7 Å². The highest BCUT2D eigenvalue weighted by Crippen LogP contribution is 2.16. The first-order valence-corrected chi connectivity index (χ1v) is 6.36. The summed E-state index contributed by atoms with van der Waals surface area (Å²) in [5, 5.41) is 8.65. The van der Waals surface area contributed by atoms with Crippen LogP contribution < -0.4 is 0 Å². The summed E-state index contributed by atoms with van der Waals surface area (Å²) in [7, 11) is 0. The fourth-order valence-corrected chi connectivity index (χ4v) is 2.07. The topological polar surface area (TPSA) is 40.5 Å². The molecule has 1 fully saturated rings. The van der Waals surface area contributed by atoms with Gasteiger partial charge in [0.05, 0.1) is 12.2 Å². The number of rotatable bonds is 3. The molecule has 2 rings (SSSR count). The first-order valence-electron chi connectivity index (χ1n) is 6.36. The predicted octanol–water partition coefficient (Wildman–Crippen LogP) is 1.68. The first-order chi connectivity index (χ1) is 9.20. The van der Waals surface area contributed by atoms with Crippen LogP contribution >= 0.6 is 0 Å². The summed E-state index contributed by atoms with van der Waals surface area (Å²) >= 11 is 0. The van der Waals surface area contributed by atoms with Gasteiger partial charge in [0.2, 0.25) is 5.91 Å². The largest absolute Gasteiger partial charge is 0.395 e. The average molecular weight is 261 g/mol. The quantitative estimate of drug-likeness (QED) is 0.841. The number of benzene rings is 1. The van der Waals surface area contributed by atoms with Crippen molar-refractivity contribution in [3.63, 3.8) is 0 Å². The van der Waals surface area contributed by atoms with E-state index < -0.39 is 0 Å². The van der Waals surface area contributed by atoms with E-state index in [1.54, 1.807) is 17.0 Å². The fourth-order valence-electron chi connectivity index (χ4n) is 2.07. The second-order valence-electron chi connectivity index (χ2n) is 4.51. The van der Waals surface area contributed by atoms with Crippen LogP contribution in [-0.4, -0.2) is 29.1 Å². The van der Waals surface area contributed by atoms with Crippen LogP contribution in [0.1, 0.15) is 30.4 Å². The summed E-state index contributed by atoms with van der Waals surface area (Å²) in [5.74, 6) is 5.18. The van der Waals surface area contributed by atoms with Gasteiger partial charge < -0.3 is 10.0 Å². The number of hydrogen-bond donors (Lipinski definition) is 1. The van der Waals surface area contributed by atoms with Gasteiger partial charge in [-0.15, -0.1) is 0 Å². The van der Waals surface area contributed by atoms with E-state index in [4.69, 9.17) is 5.11 Å². The van der Waals surface area contributed by atoms with Crippen LogP contribution in [0.3, 0.4) is 0 Å². The van der Waals surface area contributed by atoms with Gasteiger partial charge in [0.15, 0.2) is 0 Å². The maximum atomic E-state index is 13.5. The normalized spacial score (nSPS) is 14.4. The van der Waals surface area contributed by atoms with Crippen LogP contribution in [0.4, 0.5) is 4.39 Å². The van der Waals surface area contributed by atoms with Gasteiger partial charge in [-0.3, -0.25) is 4.79 Å². The second kappa shape index (κ2) is 6.35. The van der Waals surface area contributed by atoms with Gasteiger partial charge in [0, 0.05) is 25.9 Å².